The average Bonchev–Trinajstić information content (AvgIpc) is 3.12. The van der Waals surface area contributed by atoms with Gasteiger partial charge in [0.25, 0.3) is 0 Å². The van der Waals surface area contributed by atoms with Crippen LogP contribution in [0.3, 0.4) is 0 Å². The average molecular weight is 440 g/mol. The second-order valence-electron chi connectivity index (χ2n) is 8.21. The van der Waals surface area contributed by atoms with E-state index in [9.17, 15) is 4.39 Å². The molecule has 0 N–H and O–H groups in total. The van der Waals surface area contributed by atoms with Gasteiger partial charge in [0.15, 0.2) is 0 Å². The van der Waals surface area contributed by atoms with Crippen molar-refractivity contribution in [2.75, 3.05) is 0 Å². The first-order chi connectivity index (χ1) is 11.4. The molecule has 6 heteroatoms. The molecule has 0 aromatic heterocycles. The Labute approximate surface area is 172 Å². The van der Waals surface area contributed by atoms with Crippen molar-refractivity contribution < 1.29 is 21.4 Å². The molecule has 3 aliphatic rings. The van der Waals surface area contributed by atoms with Crippen molar-refractivity contribution in [3.05, 3.63) is 36.0 Å². The van der Waals surface area contributed by atoms with E-state index in [1.54, 1.807) is 6.08 Å². The Hall–Kier alpha value is 0.881. The molecule has 0 amide bonds. The molecule has 0 aromatic rings. The second kappa shape index (κ2) is 11.0. The number of halogens is 3. The van der Waals surface area contributed by atoms with Gasteiger partial charge in [-0.15, -0.1) is 6.04 Å². The number of hydrogen-bond acceptors (Lipinski definition) is 0. The van der Waals surface area contributed by atoms with Crippen molar-refractivity contribution in [3.63, 3.8) is 0 Å². The molecular weight excluding hydrogens is 408 g/mol. The van der Waals surface area contributed by atoms with Crippen molar-refractivity contribution in [1.82, 2.24) is 0 Å². The molecule has 1 nitrogen and oxygen atoms in total. The van der Waals surface area contributed by atoms with Gasteiger partial charge in [-0.25, -0.2) is 4.39 Å². The van der Waals surface area contributed by atoms with E-state index in [0.717, 1.165) is 12.5 Å². The van der Waals surface area contributed by atoms with Crippen molar-refractivity contribution in [2.24, 2.45) is 17.8 Å². The van der Waals surface area contributed by atoms with Gasteiger partial charge in [0.05, 0.1) is 0 Å². The summed E-state index contributed by atoms with van der Waals surface area (Å²) in [6.07, 6.45) is 11.4. The molecule has 0 aromatic carbocycles. The van der Waals surface area contributed by atoms with Crippen molar-refractivity contribution >= 4 is 26.8 Å². The van der Waals surface area contributed by atoms with E-state index in [-0.39, 0.29) is 19.2 Å². The van der Waals surface area contributed by atoms with Crippen LogP contribution in [-0.4, -0.2) is 14.3 Å². The van der Waals surface area contributed by atoms with Crippen LogP contribution in [0, 0.1) is 25.2 Å². The number of hydrogen-bond donors (Lipinski definition) is 0. The van der Waals surface area contributed by atoms with Gasteiger partial charge in [0, 0.05) is 5.92 Å². The Balaban J connectivity index is 0.000000730. The molecule has 0 spiro atoms. The third kappa shape index (κ3) is 7.08. The monoisotopic (exact) mass is 439 g/mol. The van der Waals surface area contributed by atoms with Crippen molar-refractivity contribution in [2.45, 2.75) is 70.6 Å². The molecule has 2 fully saturated rings. The summed E-state index contributed by atoms with van der Waals surface area (Å²) in [5.74, 6) is 1.43. The molecule has 144 valence electrons. The quantitative estimate of drug-likeness (QED) is 0.313. The van der Waals surface area contributed by atoms with Crippen LogP contribution in [0.1, 0.15) is 45.4 Å². The predicted octanol–water partition coefficient (Wildman–Crippen LogP) is 7.79. The van der Waals surface area contributed by atoms with Crippen LogP contribution in [0.25, 0.3) is 4.98 Å². The van der Waals surface area contributed by atoms with Crippen LogP contribution in [0.15, 0.2) is 23.6 Å². The zero-order valence-corrected chi connectivity index (χ0v) is 20.1. The van der Waals surface area contributed by atoms with Gasteiger partial charge >= 0.3 is 35.6 Å². The van der Waals surface area contributed by atoms with E-state index in [0.29, 0.717) is 17.9 Å². The number of nitrogens with zero attached hydrogens (tertiary/aromatic N) is 1. The van der Waals surface area contributed by atoms with Gasteiger partial charge in [-0.1, -0.05) is 71.6 Å². The van der Waals surface area contributed by atoms with Gasteiger partial charge in [-0.3, -0.25) is 0 Å². The fourth-order valence-electron chi connectivity index (χ4n) is 4.70. The molecule has 2 saturated carbocycles. The molecule has 2 unspecified atom stereocenters. The minimum absolute atomic E-state index is 0. The summed E-state index contributed by atoms with van der Waals surface area (Å²) in [5.41, 5.74) is 1.50. The summed E-state index contributed by atoms with van der Waals surface area (Å²) in [7, 11) is 8.22. The summed E-state index contributed by atoms with van der Waals surface area (Å²) in [5, 5.41) is 0. The number of allylic oxidation sites excluding steroid dienone is 4. The molecule has 3 rings (SSSR count). The maximum atomic E-state index is 14.1. The normalized spacial score (nSPS) is 29.0. The zero-order chi connectivity index (χ0) is 17.7. The van der Waals surface area contributed by atoms with E-state index in [2.05, 4.69) is 26.1 Å². The third-order valence-electron chi connectivity index (χ3n) is 5.58. The van der Waals surface area contributed by atoms with E-state index in [1.807, 2.05) is 0 Å². The first-order valence-electron chi connectivity index (χ1n) is 9.10. The van der Waals surface area contributed by atoms with Crippen molar-refractivity contribution in [1.29, 1.82) is 0 Å². The number of rotatable bonds is 4. The fraction of sp³-hybridized carbons (Fsp3) is 0.737. The Kier molecular flexibility index (Phi) is 10.5. The van der Waals surface area contributed by atoms with Crippen LogP contribution in [-0.2, 0) is 17.0 Å². The molecule has 3 atom stereocenters. The molecule has 25 heavy (non-hydrogen) atoms. The van der Waals surface area contributed by atoms with Crippen molar-refractivity contribution in [3.8, 4) is 0 Å². The standard InChI is InChI=1S/C18H29FNSi.CH3.2ClH.Ti/c1-13-10-16-14(8-9-18(19)17(16)11-13)12-21(2,3)20-15-6-4-5-7-15;;;;/h8-9,13,15-17H,4-7,10-12H2,1-3H3;1H3;2*1H;/q2*-1;;;+2/p-2/t13-,16?,17?;;;;/m1..../s1. The minimum atomic E-state index is -1.55. The van der Waals surface area contributed by atoms with E-state index >= 15 is 0 Å². The molecule has 0 radical (unpaired) electrons. The molecular formula is C19H32Cl2FNSiTi-2. The third-order valence-corrected chi connectivity index (χ3v) is 7.92. The number of fused-ring (bicyclic) bond motifs is 1. The first kappa shape index (κ1) is 23.9. The molecule has 0 saturated heterocycles. The van der Waals surface area contributed by atoms with Crippen LogP contribution >= 0.6 is 18.6 Å². The van der Waals surface area contributed by atoms with Gasteiger partial charge < -0.3 is 12.4 Å². The van der Waals surface area contributed by atoms with E-state index in [4.69, 9.17) is 23.6 Å². The Bertz CT molecular complexity index is 478. The SMILES string of the molecule is C[C@H]1CC2C(F)=CC=C(C[Si](C)(C)[N-]C3CCCC3)C2C1.[CH3-].[Cl][Ti][Cl]. The first-order valence-corrected chi connectivity index (χ1v) is 16.6. The molecule has 0 bridgehead atoms. The summed E-state index contributed by atoms with van der Waals surface area (Å²) in [4.78, 5) is 5.24. The topological polar surface area (TPSA) is 14.1 Å². The Morgan fingerprint density at radius 2 is 1.72 bits per heavy atom. The summed E-state index contributed by atoms with van der Waals surface area (Å²) >= 11 is -0.556. The molecule has 0 heterocycles. The summed E-state index contributed by atoms with van der Waals surface area (Å²) in [6.45, 7) is 7.07. The van der Waals surface area contributed by atoms with Gasteiger partial charge in [0.1, 0.15) is 5.83 Å². The van der Waals surface area contributed by atoms with E-state index in [1.165, 1.54) is 37.7 Å². The fourth-order valence-corrected chi connectivity index (χ4v) is 7.42. The second-order valence-corrected chi connectivity index (χ2v) is 15.0. The van der Waals surface area contributed by atoms with Gasteiger partial charge in [-0.2, -0.15) is 0 Å². The van der Waals surface area contributed by atoms with Crippen LogP contribution in [0.2, 0.25) is 19.1 Å². The summed E-state index contributed by atoms with van der Waals surface area (Å²) in [6, 6.07) is 1.77. The summed E-state index contributed by atoms with van der Waals surface area (Å²) < 4.78 is 14.1. The zero-order valence-electron chi connectivity index (χ0n) is 16.0. The predicted molar refractivity (Wildman–Crippen MR) is 109 cm³/mol. The van der Waals surface area contributed by atoms with E-state index < -0.39 is 25.3 Å². The molecule has 0 aliphatic heterocycles. The Morgan fingerprint density at radius 3 is 2.32 bits per heavy atom. The van der Waals surface area contributed by atoms with Gasteiger partial charge in [0.2, 0.25) is 0 Å². The van der Waals surface area contributed by atoms with Crippen LogP contribution < -0.4 is 0 Å². The van der Waals surface area contributed by atoms with Crippen LogP contribution in [0.5, 0.6) is 0 Å². The maximum absolute atomic E-state index is 14.1. The van der Waals surface area contributed by atoms with Crippen LogP contribution in [0.4, 0.5) is 4.39 Å². The molecule has 3 aliphatic carbocycles. The Morgan fingerprint density at radius 1 is 1.16 bits per heavy atom. The van der Waals surface area contributed by atoms with Gasteiger partial charge in [-0.05, 0) is 30.8 Å².